The van der Waals surface area contributed by atoms with Gasteiger partial charge in [0.15, 0.2) is 5.96 Å². The molecule has 0 atom stereocenters. The minimum Gasteiger partial charge on any atom is -0.356 e. The van der Waals surface area contributed by atoms with Crippen LogP contribution in [0.1, 0.15) is 32.9 Å². The molecule has 3 aromatic rings. The Morgan fingerprint density at radius 1 is 1.06 bits per heavy atom. The number of carbonyl (C=O) groups excluding carboxylic acids is 1. The largest absolute Gasteiger partial charge is 0.356 e. The van der Waals surface area contributed by atoms with Crippen molar-refractivity contribution in [3.05, 3.63) is 82.7 Å². The lowest BCUT2D eigenvalue weighted by Gasteiger charge is -2.15. The molecule has 0 unspecified atom stereocenters. The summed E-state index contributed by atoms with van der Waals surface area (Å²) < 4.78 is 1.97. The number of para-hydroxylation sites is 1. The maximum atomic E-state index is 11.8. The maximum Gasteiger partial charge on any atom is 0.251 e. The van der Waals surface area contributed by atoms with E-state index in [-0.39, 0.29) is 29.9 Å². The van der Waals surface area contributed by atoms with E-state index in [1.807, 2.05) is 48.0 Å². The highest BCUT2D eigenvalue weighted by Gasteiger charge is 2.09. The monoisotopic (exact) mass is 546 g/mol. The van der Waals surface area contributed by atoms with Crippen LogP contribution in [0.5, 0.6) is 0 Å². The Balaban J connectivity index is 0.00000363. The minimum absolute atomic E-state index is 0. The van der Waals surface area contributed by atoms with Crippen LogP contribution >= 0.6 is 24.0 Å². The zero-order valence-electron chi connectivity index (χ0n) is 19.0. The molecule has 0 spiro atoms. The normalized spacial score (nSPS) is 10.9. The summed E-state index contributed by atoms with van der Waals surface area (Å²) in [5.74, 6) is 0.652. The van der Waals surface area contributed by atoms with Crippen molar-refractivity contribution in [2.24, 2.45) is 4.99 Å². The third-order valence-electron chi connectivity index (χ3n) is 5.02. The van der Waals surface area contributed by atoms with Crippen LogP contribution in [0.15, 0.2) is 59.6 Å². The van der Waals surface area contributed by atoms with Gasteiger partial charge in [0.25, 0.3) is 5.91 Å². The van der Waals surface area contributed by atoms with E-state index >= 15 is 0 Å². The third kappa shape index (κ3) is 6.56. The van der Waals surface area contributed by atoms with Crippen molar-refractivity contribution in [2.75, 3.05) is 20.6 Å². The molecular weight excluding hydrogens is 515 g/mol. The summed E-state index contributed by atoms with van der Waals surface area (Å²) in [6.45, 7) is 5.39. The van der Waals surface area contributed by atoms with Crippen molar-refractivity contribution in [3.63, 3.8) is 0 Å². The molecule has 2 aromatic carbocycles. The fraction of sp³-hybridized carbons (Fsp3) is 0.292. The van der Waals surface area contributed by atoms with Crippen LogP contribution in [0.2, 0.25) is 0 Å². The molecule has 0 aliphatic heterocycles. The van der Waals surface area contributed by atoms with E-state index in [0.717, 1.165) is 40.6 Å². The molecule has 1 aromatic heterocycles. The second-order valence-electron chi connectivity index (χ2n) is 7.35. The topological polar surface area (TPSA) is 83.3 Å². The Bertz CT molecular complexity index is 1080. The maximum absolute atomic E-state index is 11.8. The van der Waals surface area contributed by atoms with E-state index < -0.39 is 0 Å². The van der Waals surface area contributed by atoms with E-state index in [1.54, 1.807) is 14.1 Å². The van der Waals surface area contributed by atoms with Crippen LogP contribution in [0.4, 0.5) is 0 Å². The van der Waals surface area contributed by atoms with Gasteiger partial charge in [-0.3, -0.25) is 9.79 Å². The van der Waals surface area contributed by atoms with E-state index in [1.165, 1.54) is 0 Å². The number of aromatic nitrogens is 2. The molecule has 7 nitrogen and oxygen atoms in total. The number of nitrogens with zero attached hydrogens (tertiary/aromatic N) is 3. The average molecular weight is 546 g/mol. The van der Waals surface area contributed by atoms with Crippen molar-refractivity contribution in [2.45, 2.75) is 26.8 Å². The van der Waals surface area contributed by atoms with Gasteiger partial charge in [0.05, 0.1) is 11.4 Å². The summed E-state index contributed by atoms with van der Waals surface area (Å²) in [4.78, 5) is 16.1. The number of guanidine groups is 1. The molecule has 32 heavy (non-hydrogen) atoms. The Labute approximate surface area is 206 Å². The number of benzene rings is 2. The van der Waals surface area contributed by atoms with Gasteiger partial charge in [-0.15, -0.1) is 24.0 Å². The summed E-state index contributed by atoms with van der Waals surface area (Å²) in [6.07, 6.45) is 0.786. The lowest BCUT2D eigenvalue weighted by atomic mass is 10.1. The predicted molar refractivity (Wildman–Crippen MR) is 140 cm³/mol. The summed E-state index contributed by atoms with van der Waals surface area (Å²) in [5, 5.41) is 14.0. The highest BCUT2D eigenvalue weighted by molar-refractivity contribution is 14.0. The average Bonchev–Trinajstić information content (AvgIpc) is 3.13. The second-order valence-corrected chi connectivity index (χ2v) is 7.35. The number of halogens is 1. The smallest absolute Gasteiger partial charge is 0.251 e. The number of carbonyl (C=O) groups is 1. The first-order chi connectivity index (χ1) is 15.0. The first kappa shape index (κ1) is 25.4. The zero-order valence-corrected chi connectivity index (χ0v) is 21.3. The van der Waals surface area contributed by atoms with E-state index in [2.05, 4.69) is 51.2 Å². The standard InChI is InChI=1S/C24H30N6O.HI/c1-17-14-18(2)30(29-17)22-11-6-5-9-21(22)16-28-24(26-4)27-13-12-19-8-7-10-20(15-19)23(31)25-3;/h5-11,14-15H,12-13,16H2,1-4H3,(H,25,31)(H2,26,27,28);1H. The molecular formula is C24H31IN6O. The fourth-order valence-corrected chi connectivity index (χ4v) is 3.48. The summed E-state index contributed by atoms with van der Waals surface area (Å²) >= 11 is 0. The molecule has 3 rings (SSSR count). The Kier molecular flexibility index (Phi) is 9.70. The number of hydrogen-bond acceptors (Lipinski definition) is 3. The molecule has 0 saturated heterocycles. The van der Waals surface area contributed by atoms with Crippen LogP contribution in [0.3, 0.4) is 0 Å². The lowest BCUT2D eigenvalue weighted by Crippen LogP contribution is -2.38. The Morgan fingerprint density at radius 2 is 1.84 bits per heavy atom. The summed E-state index contributed by atoms with van der Waals surface area (Å²) in [7, 11) is 3.40. The fourth-order valence-electron chi connectivity index (χ4n) is 3.48. The molecule has 170 valence electrons. The first-order valence-corrected chi connectivity index (χ1v) is 10.4. The number of aliphatic imine (C=N–C) groups is 1. The molecule has 0 fully saturated rings. The van der Waals surface area contributed by atoms with Crippen LogP contribution in [0.25, 0.3) is 5.69 Å². The molecule has 0 bridgehead atoms. The number of aryl methyl sites for hydroxylation is 2. The Hall–Kier alpha value is -2.88. The molecule has 8 heteroatoms. The van der Waals surface area contributed by atoms with Crippen molar-refractivity contribution in [1.29, 1.82) is 0 Å². The number of amides is 1. The van der Waals surface area contributed by atoms with Gasteiger partial charge in [-0.2, -0.15) is 5.10 Å². The van der Waals surface area contributed by atoms with Crippen LogP contribution < -0.4 is 16.0 Å². The van der Waals surface area contributed by atoms with Gasteiger partial charge in [-0.25, -0.2) is 4.68 Å². The number of hydrogen-bond donors (Lipinski definition) is 3. The minimum atomic E-state index is -0.0754. The third-order valence-corrected chi connectivity index (χ3v) is 5.02. The summed E-state index contributed by atoms with van der Waals surface area (Å²) in [6, 6.07) is 18.0. The highest BCUT2D eigenvalue weighted by Crippen LogP contribution is 2.16. The van der Waals surface area contributed by atoms with Gasteiger partial charge in [0.2, 0.25) is 0 Å². The van der Waals surface area contributed by atoms with Crippen LogP contribution in [-0.4, -0.2) is 42.3 Å². The van der Waals surface area contributed by atoms with Crippen molar-refractivity contribution in [1.82, 2.24) is 25.7 Å². The predicted octanol–water partition coefficient (Wildman–Crippen LogP) is 3.37. The van der Waals surface area contributed by atoms with Gasteiger partial charge in [0.1, 0.15) is 0 Å². The molecule has 0 radical (unpaired) electrons. The van der Waals surface area contributed by atoms with Gasteiger partial charge >= 0.3 is 0 Å². The molecule has 1 heterocycles. The quantitative estimate of drug-likeness (QED) is 0.241. The number of rotatable bonds is 7. The molecule has 0 aliphatic rings. The SMILES string of the molecule is CN=C(NCCc1cccc(C(=O)NC)c1)NCc1ccccc1-n1nc(C)cc1C.I. The van der Waals surface area contributed by atoms with E-state index in [4.69, 9.17) is 0 Å². The van der Waals surface area contributed by atoms with Gasteiger partial charge < -0.3 is 16.0 Å². The highest BCUT2D eigenvalue weighted by atomic mass is 127. The van der Waals surface area contributed by atoms with E-state index in [0.29, 0.717) is 18.7 Å². The lowest BCUT2D eigenvalue weighted by molar-refractivity contribution is 0.0963. The Morgan fingerprint density at radius 3 is 2.53 bits per heavy atom. The van der Waals surface area contributed by atoms with E-state index in [9.17, 15) is 4.79 Å². The van der Waals surface area contributed by atoms with Crippen molar-refractivity contribution >= 4 is 35.8 Å². The van der Waals surface area contributed by atoms with Crippen molar-refractivity contribution in [3.8, 4) is 5.69 Å². The molecule has 3 N–H and O–H groups in total. The molecule has 1 amide bonds. The van der Waals surface area contributed by atoms with Crippen LogP contribution in [0, 0.1) is 13.8 Å². The van der Waals surface area contributed by atoms with Gasteiger partial charge in [-0.1, -0.05) is 30.3 Å². The zero-order chi connectivity index (χ0) is 22.2. The molecule has 0 aliphatic carbocycles. The van der Waals surface area contributed by atoms with Gasteiger partial charge in [0, 0.05) is 38.4 Å². The van der Waals surface area contributed by atoms with Gasteiger partial charge in [-0.05, 0) is 55.7 Å². The van der Waals surface area contributed by atoms with Crippen molar-refractivity contribution < 1.29 is 4.79 Å². The number of nitrogens with one attached hydrogen (secondary N) is 3. The first-order valence-electron chi connectivity index (χ1n) is 10.4. The summed E-state index contributed by atoms with van der Waals surface area (Å²) in [5.41, 5.74) is 6.06. The van der Waals surface area contributed by atoms with Crippen LogP contribution in [-0.2, 0) is 13.0 Å². The molecule has 0 saturated carbocycles. The second kappa shape index (κ2) is 12.2.